The summed E-state index contributed by atoms with van der Waals surface area (Å²) < 4.78 is 1.53. The molecule has 1 aliphatic rings. The van der Waals surface area contributed by atoms with Crippen LogP contribution in [0.25, 0.3) is 0 Å². The number of aryl methyl sites for hydroxylation is 1. The minimum atomic E-state index is -0.116. The smallest absolute Gasteiger partial charge is 0.273 e. The van der Waals surface area contributed by atoms with Crippen LogP contribution in [0.5, 0.6) is 0 Å². The zero-order chi connectivity index (χ0) is 10.7. The van der Waals surface area contributed by atoms with Crippen LogP contribution < -0.4 is 5.32 Å². The number of aromatic nitrogens is 3. The third-order valence-corrected chi connectivity index (χ3v) is 2.86. The number of carbonyl (C=O) groups excluding carboxylic acids is 1. The first kappa shape index (κ1) is 10.1. The first-order valence-corrected chi connectivity index (χ1v) is 5.40. The summed E-state index contributed by atoms with van der Waals surface area (Å²) in [5.74, 6) is 0.542. The van der Waals surface area contributed by atoms with Crippen molar-refractivity contribution in [2.75, 3.05) is 6.54 Å². The molecule has 1 aliphatic carbocycles. The van der Waals surface area contributed by atoms with Crippen molar-refractivity contribution in [2.24, 2.45) is 13.0 Å². The number of rotatable bonds is 3. The van der Waals surface area contributed by atoms with Crippen LogP contribution in [-0.2, 0) is 7.05 Å². The number of nitrogens with zero attached hydrogens (tertiary/aromatic N) is 3. The van der Waals surface area contributed by atoms with Gasteiger partial charge in [-0.05, 0) is 18.8 Å². The van der Waals surface area contributed by atoms with Gasteiger partial charge in [-0.2, -0.15) is 0 Å². The Hall–Kier alpha value is -1.39. The highest BCUT2D eigenvalue weighted by Gasteiger charge is 2.17. The van der Waals surface area contributed by atoms with Crippen molar-refractivity contribution >= 4 is 5.91 Å². The van der Waals surface area contributed by atoms with Gasteiger partial charge >= 0.3 is 0 Å². The molecule has 0 aromatic carbocycles. The molecule has 0 atom stereocenters. The van der Waals surface area contributed by atoms with E-state index in [0.717, 1.165) is 6.54 Å². The quantitative estimate of drug-likeness (QED) is 0.796. The first-order valence-electron chi connectivity index (χ1n) is 5.40. The molecule has 0 aliphatic heterocycles. The zero-order valence-electron chi connectivity index (χ0n) is 8.94. The molecule has 1 aromatic heterocycles. The van der Waals surface area contributed by atoms with Gasteiger partial charge in [0.1, 0.15) is 0 Å². The summed E-state index contributed by atoms with van der Waals surface area (Å²) >= 11 is 0. The second kappa shape index (κ2) is 4.42. The predicted octanol–water partition coefficient (Wildman–Crippen LogP) is 0.735. The van der Waals surface area contributed by atoms with E-state index in [-0.39, 0.29) is 5.91 Å². The van der Waals surface area contributed by atoms with Gasteiger partial charge in [-0.15, -0.1) is 5.10 Å². The van der Waals surface area contributed by atoms with Crippen molar-refractivity contribution in [2.45, 2.75) is 25.7 Å². The lowest BCUT2D eigenvalue weighted by molar-refractivity contribution is 0.0942. The van der Waals surface area contributed by atoms with Crippen molar-refractivity contribution in [3.8, 4) is 0 Å². The maximum Gasteiger partial charge on any atom is 0.273 e. The van der Waals surface area contributed by atoms with Gasteiger partial charge in [-0.25, -0.2) is 0 Å². The molecule has 5 heteroatoms. The van der Waals surface area contributed by atoms with Crippen LogP contribution in [0.1, 0.15) is 36.2 Å². The van der Waals surface area contributed by atoms with Crippen molar-refractivity contribution in [3.05, 3.63) is 11.9 Å². The molecule has 1 N–H and O–H groups in total. The summed E-state index contributed by atoms with van der Waals surface area (Å²) in [6.07, 6.45) is 6.70. The SMILES string of the molecule is Cn1cc(C(=O)NCC2CCCC2)nn1. The Morgan fingerprint density at radius 3 is 2.93 bits per heavy atom. The van der Waals surface area contributed by atoms with Gasteiger partial charge in [0.05, 0.1) is 6.20 Å². The second-order valence-corrected chi connectivity index (χ2v) is 4.14. The molecular weight excluding hydrogens is 192 g/mol. The van der Waals surface area contributed by atoms with E-state index in [2.05, 4.69) is 15.6 Å². The van der Waals surface area contributed by atoms with E-state index in [9.17, 15) is 4.79 Å². The maximum absolute atomic E-state index is 11.6. The van der Waals surface area contributed by atoms with E-state index < -0.39 is 0 Å². The van der Waals surface area contributed by atoms with Crippen molar-refractivity contribution in [1.29, 1.82) is 0 Å². The lowest BCUT2D eigenvalue weighted by Crippen LogP contribution is -2.28. The Labute approximate surface area is 88.9 Å². The monoisotopic (exact) mass is 208 g/mol. The van der Waals surface area contributed by atoms with Crippen LogP contribution in [0.15, 0.2) is 6.20 Å². The van der Waals surface area contributed by atoms with Crippen LogP contribution >= 0.6 is 0 Å². The highest BCUT2D eigenvalue weighted by molar-refractivity contribution is 5.91. The van der Waals surface area contributed by atoms with E-state index in [4.69, 9.17) is 0 Å². The van der Waals surface area contributed by atoms with Gasteiger partial charge in [-0.3, -0.25) is 9.48 Å². The average molecular weight is 208 g/mol. The Morgan fingerprint density at radius 2 is 2.33 bits per heavy atom. The Kier molecular flexibility index (Phi) is 2.99. The molecule has 1 aromatic rings. The standard InChI is InChI=1S/C10H16N4O/c1-14-7-9(12-13-14)10(15)11-6-8-4-2-3-5-8/h7-8H,2-6H2,1H3,(H,11,15). The lowest BCUT2D eigenvalue weighted by atomic mass is 10.1. The number of carbonyl (C=O) groups is 1. The molecule has 0 saturated heterocycles. The molecule has 0 radical (unpaired) electrons. The van der Waals surface area contributed by atoms with Crippen LogP contribution in [0.4, 0.5) is 0 Å². The van der Waals surface area contributed by atoms with Crippen molar-refractivity contribution in [1.82, 2.24) is 20.3 Å². The molecule has 0 spiro atoms. The molecule has 82 valence electrons. The van der Waals surface area contributed by atoms with E-state index in [1.807, 2.05) is 0 Å². The van der Waals surface area contributed by atoms with Crippen molar-refractivity contribution < 1.29 is 4.79 Å². The van der Waals surface area contributed by atoms with E-state index in [1.54, 1.807) is 13.2 Å². The van der Waals surface area contributed by atoms with Crippen LogP contribution in [0.3, 0.4) is 0 Å². The van der Waals surface area contributed by atoms with Crippen molar-refractivity contribution in [3.63, 3.8) is 0 Å². The molecule has 5 nitrogen and oxygen atoms in total. The fourth-order valence-electron chi connectivity index (χ4n) is 1.99. The summed E-state index contributed by atoms with van der Waals surface area (Å²) in [7, 11) is 1.75. The Morgan fingerprint density at radius 1 is 1.60 bits per heavy atom. The van der Waals surface area contributed by atoms with E-state index >= 15 is 0 Å². The minimum absolute atomic E-state index is 0.116. The molecule has 15 heavy (non-hydrogen) atoms. The van der Waals surface area contributed by atoms with Crippen LogP contribution in [0.2, 0.25) is 0 Å². The zero-order valence-corrected chi connectivity index (χ0v) is 8.94. The number of hydrogen-bond acceptors (Lipinski definition) is 3. The van der Waals surface area contributed by atoms with E-state index in [0.29, 0.717) is 11.6 Å². The molecule has 2 rings (SSSR count). The minimum Gasteiger partial charge on any atom is -0.350 e. The average Bonchev–Trinajstić information content (AvgIpc) is 2.84. The van der Waals surface area contributed by atoms with Gasteiger partial charge in [0.25, 0.3) is 5.91 Å². The van der Waals surface area contributed by atoms with Gasteiger partial charge in [0, 0.05) is 13.6 Å². The number of amides is 1. The Balaban J connectivity index is 1.81. The lowest BCUT2D eigenvalue weighted by Gasteiger charge is -2.08. The molecular formula is C10H16N4O. The molecule has 0 bridgehead atoms. The fraction of sp³-hybridized carbons (Fsp3) is 0.700. The van der Waals surface area contributed by atoms with Gasteiger partial charge < -0.3 is 5.32 Å². The highest BCUT2D eigenvalue weighted by Crippen LogP contribution is 2.23. The van der Waals surface area contributed by atoms with Gasteiger partial charge in [0.15, 0.2) is 5.69 Å². The summed E-state index contributed by atoms with van der Waals surface area (Å²) in [4.78, 5) is 11.6. The van der Waals surface area contributed by atoms with E-state index in [1.165, 1.54) is 30.4 Å². The predicted molar refractivity (Wildman–Crippen MR) is 55.3 cm³/mol. The third kappa shape index (κ3) is 2.55. The second-order valence-electron chi connectivity index (χ2n) is 4.14. The summed E-state index contributed by atoms with van der Waals surface area (Å²) in [5.41, 5.74) is 0.399. The van der Waals surface area contributed by atoms with Crippen LogP contribution in [-0.4, -0.2) is 27.4 Å². The summed E-state index contributed by atoms with van der Waals surface area (Å²) in [6.45, 7) is 0.773. The normalized spacial score (nSPS) is 16.9. The number of hydrogen-bond donors (Lipinski definition) is 1. The number of nitrogens with one attached hydrogen (secondary N) is 1. The summed E-state index contributed by atoms with van der Waals surface area (Å²) in [5, 5.41) is 10.4. The fourth-order valence-corrected chi connectivity index (χ4v) is 1.99. The third-order valence-electron chi connectivity index (χ3n) is 2.86. The Bertz CT molecular complexity index is 341. The van der Waals surface area contributed by atoms with Gasteiger partial charge in [-0.1, -0.05) is 18.1 Å². The van der Waals surface area contributed by atoms with Gasteiger partial charge in [0.2, 0.25) is 0 Å². The topological polar surface area (TPSA) is 59.8 Å². The summed E-state index contributed by atoms with van der Waals surface area (Å²) in [6, 6.07) is 0. The maximum atomic E-state index is 11.6. The highest BCUT2D eigenvalue weighted by atomic mass is 16.2. The molecule has 1 saturated carbocycles. The molecule has 0 unspecified atom stereocenters. The first-order chi connectivity index (χ1) is 7.25. The molecule has 1 amide bonds. The molecule has 1 heterocycles. The largest absolute Gasteiger partial charge is 0.350 e. The van der Waals surface area contributed by atoms with Crippen LogP contribution in [0, 0.1) is 5.92 Å². The molecule has 1 fully saturated rings.